The van der Waals surface area contributed by atoms with Gasteiger partial charge in [-0.3, -0.25) is 4.79 Å². The first-order valence-electron chi connectivity index (χ1n) is 10.3. The second kappa shape index (κ2) is 8.04. The van der Waals surface area contributed by atoms with Gasteiger partial charge in [0, 0.05) is 17.0 Å². The lowest BCUT2D eigenvalue weighted by Gasteiger charge is -2.17. The van der Waals surface area contributed by atoms with Gasteiger partial charge in [0.15, 0.2) is 5.16 Å². The van der Waals surface area contributed by atoms with E-state index in [1.807, 2.05) is 18.2 Å². The molecule has 5 rings (SSSR count). The van der Waals surface area contributed by atoms with Crippen LogP contribution in [0, 0.1) is 12.8 Å². The monoisotopic (exact) mass is 436 g/mol. The molecule has 1 aromatic carbocycles. The highest BCUT2D eigenvalue weighted by atomic mass is 32.2. The van der Waals surface area contributed by atoms with Crippen LogP contribution < -0.4 is 5.56 Å². The van der Waals surface area contributed by atoms with Crippen molar-refractivity contribution in [2.24, 2.45) is 5.92 Å². The molecule has 0 saturated heterocycles. The molecule has 0 spiro atoms. The molecular formula is C23H24N4OS2. The van der Waals surface area contributed by atoms with Gasteiger partial charge in [-0.25, -0.2) is 9.97 Å². The summed E-state index contributed by atoms with van der Waals surface area (Å²) in [5, 5.41) is 1.68. The van der Waals surface area contributed by atoms with Crippen LogP contribution in [0.5, 0.6) is 0 Å². The quantitative estimate of drug-likeness (QED) is 0.431. The topological polar surface area (TPSA) is 74.4 Å². The summed E-state index contributed by atoms with van der Waals surface area (Å²) in [6.07, 6.45) is 4.02. The Balaban J connectivity index is 1.34. The predicted octanol–water partition coefficient (Wildman–Crippen LogP) is 5.02. The van der Waals surface area contributed by atoms with Gasteiger partial charge in [-0.2, -0.15) is 0 Å². The minimum Gasteiger partial charge on any atom is -0.337 e. The molecule has 2 N–H and O–H groups in total. The van der Waals surface area contributed by atoms with Crippen molar-refractivity contribution in [2.45, 2.75) is 50.4 Å². The Morgan fingerprint density at radius 3 is 2.87 bits per heavy atom. The van der Waals surface area contributed by atoms with Crippen LogP contribution in [-0.2, 0) is 25.0 Å². The van der Waals surface area contributed by atoms with Gasteiger partial charge in [-0.1, -0.05) is 49.0 Å². The number of aromatic nitrogens is 4. The second-order valence-electron chi connectivity index (χ2n) is 8.11. The zero-order chi connectivity index (χ0) is 20.7. The molecule has 3 heterocycles. The van der Waals surface area contributed by atoms with E-state index in [2.05, 4.69) is 35.9 Å². The number of thiophene rings is 1. The molecule has 0 bridgehead atoms. The lowest BCUT2D eigenvalue weighted by molar-refractivity contribution is 0.509. The van der Waals surface area contributed by atoms with E-state index >= 15 is 0 Å². The van der Waals surface area contributed by atoms with Gasteiger partial charge in [0.05, 0.1) is 16.8 Å². The van der Waals surface area contributed by atoms with Crippen LogP contribution in [0.3, 0.4) is 0 Å². The third kappa shape index (κ3) is 3.84. The summed E-state index contributed by atoms with van der Waals surface area (Å²) in [6.45, 7) is 4.34. The predicted molar refractivity (Wildman–Crippen MR) is 124 cm³/mol. The summed E-state index contributed by atoms with van der Waals surface area (Å²) in [7, 11) is 0. The molecule has 154 valence electrons. The molecule has 1 aliphatic carbocycles. The van der Waals surface area contributed by atoms with Crippen LogP contribution in [0.1, 0.15) is 46.6 Å². The van der Waals surface area contributed by atoms with Crippen LogP contribution in [0.2, 0.25) is 0 Å². The van der Waals surface area contributed by atoms with E-state index in [0.717, 1.165) is 52.4 Å². The van der Waals surface area contributed by atoms with Gasteiger partial charge in [-0.05, 0) is 43.2 Å². The van der Waals surface area contributed by atoms with E-state index < -0.39 is 0 Å². The summed E-state index contributed by atoms with van der Waals surface area (Å²) in [5.41, 5.74) is 4.62. The third-order valence-corrected chi connectivity index (χ3v) is 7.77. The fraction of sp³-hybridized carbons (Fsp3) is 0.348. The van der Waals surface area contributed by atoms with Gasteiger partial charge in [-0.15, -0.1) is 11.3 Å². The van der Waals surface area contributed by atoms with E-state index in [9.17, 15) is 4.79 Å². The molecule has 0 aliphatic heterocycles. The van der Waals surface area contributed by atoms with E-state index in [-0.39, 0.29) is 5.56 Å². The number of benzene rings is 1. The molecule has 4 aromatic rings. The van der Waals surface area contributed by atoms with Crippen molar-refractivity contribution < 1.29 is 0 Å². The molecule has 1 aliphatic rings. The van der Waals surface area contributed by atoms with E-state index in [0.29, 0.717) is 17.5 Å². The number of thioether (sulfide) groups is 1. The molecule has 0 amide bonds. The number of aromatic amines is 2. The Kier molecular flexibility index (Phi) is 5.25. The number of hydrogen-bond acceptors (Lipinski definition) is 5. The van der Waals surface area contributed by atoms with E-state index in [4.69, 9.17) is 9.97 Å². The molecular weight excluding hydrogens is 412 g/mol. The molecule has 30 heavy (non-hydrogen) atoms. The van der Waals surface area contributed by atoms with Crippen molar-refractivity contribution in [3.05, 3.63) is 73.9 Å². The van der Waals surface area contributed by atoms with Crippen LogP contribution in [0.25, 0.3) is 10.2 Å². The van der Waals surface area contributed by atoms with Crippen molar-refractivity contribution in [1.29, 1.82) is 0 Å². The third-order valence-electron chi connectivity index (χ3n) is 5.74. The van der Waals surface area contributed by atoms with Gasteiger partial charge in [0.2, 0.25) is 0 Å². The van der Waals surface area contributed by atoms with Crippen LogP contribution in [0.4, 0.5) is 0 Å². The largest absolute Gasteiger partial charge is 0.337 e. The number of hydrogen-bond donors (Lipinski definition) is 2. The standard InChI is InChI=1S/C23H24N4OS2/c1-13-8-9-16-18(10-13)30-22-20(16)21(28)26-19(27-22)12-29-23-24-14(2)17(25-23)11-15-6-4-3-5-7-15/h3-7,13H,8-12H2,1-2H3,(H,24,25)(H,26,27,28)/t13-/m1/s1. The summed E-state index contributed by atoms with van der Waals surface area (Å²) in [4.78, 5) is 30.9. The van der Waals surface area contributed by atoms with E-state index in [1.165, 1.54) is 16.0 Å². The molecule has 0 saturated carbocycles. The molecule has 7 heteroatoms. The van der Waals surface area contributed by atoms with Crippen LogP contribution in [0.15, 0.2) is 40.3 Å². The summed E-state index contributed by atoms with van der Waals surface area (Å²) in [6, 6.07) is 10.4. The number of imidazole rings is 1. The lowest BCUT2D eigenvalue weighted by Crippen LogP contribution is -2.14. The first kappa shape index (κ1) is 19.6. The maximum absolute atomic E-state index is 12.8. The number of rotatable bonds is 5. The first-order chi connectivity index (χ1) is 14.6. The maximum Gasteiger partial charge on any atom is 0.259 e. The molecule has 0 fully saturated rings. The van der Waals surface area contributed by atoms with Crippen molar-refractivity contribution in [3.8, 4) is 0 Å². The average molecular weight is 437 g/mol. The highest BCUT2D eigenvalue weighted by Crippen LogP contribution is 2.35. The molecule has 0 radical (unpaired) electrons. The highest BCUT2D eigenvalue weighted by Gasteiger charge is 2.23. The number of fused-ring (bicyclic) bond motifs is 3. The Morgan fingerprint density at radius 2 is 2.03 bits per heavy atom. The first-order valence-corrected chi connectivity index (χ1v) is 12.1. The summed E-state index contributed by atoms with van der Waals surface area (Å²) in [5.74, 6) is 1.98. The Labute approximate surface area is 183 Å². The van der Waals surface area contributed by atoms with Gasteiger partial charge in [0.1, 0.15) is 10.7 Å². The second-order valence-corrected chi connectivity index (χ2v) is 10.2. The molecule has 5 nitrogen and oxygen atoms in total. The zero-order valence-corrected chi connectivity index (χ0v) is 18.8. The van der Waals surface area contributed by atoms with Gasteiger partial charge in [0.25, 0.3) is 5.56 Å². The SMILES string of the molecule is Cc1[nH]c(SCc2nc3sc4c(c3c(=O)[nH]2)CC[C@@H](C)C4)nc1Cc1ccccc1. The summed E-state index contributed by atoms with van der Waals surface area (Å²) < 4.78 is 0. The fourth-order valence-electron chi connectivity index (χ4n) is 4.10. The Morgan fingerprint density at radius 1 is 1.20 bits per heavy atom. The zero-order valence-electron chi connectivity index (χ0n) is 17.1. The van der Waals surface area contributed by atoms with E-state index in [1.54, 1.807) is 23.1 Å². The fourth-order valence-corrected chi connectivity index (χ4v) is 6.31. The van der Waals surface area contributed by atoms with Crippen LogP contribution >= 0.6 is 23.1 Å². The number of nitrogens with one attached hydrogen (secondary N) is 2. The Hall–Kier alpha value is -2.38. The van der Waals surface area contributed by atoms with Gasteiger partial charge >= 0.3 is 0 Å². The molecule has 0 unspecified atom stereocenters. The van der Waals surface area contributed by atoms with Crippen molar-refractivity contribution in [1.82, 2.24) is 19.9 Å². The van der Waals surface area contributed by atoms with Crippen molar-refractivity contribution in [2.75, 3.05) is 0 Å². The molecule has 3 aromatic heterocycles. The number of nitrogens with zero attached hydrogens (tertiary/aromatic N) is 2. The Bertz CT molecular complexity index is 1260. The number of aryl methyl sites for hydroxylation is 2. The summed E-state index contributed by atoms with van der Waals surface area (Å²) >= 11 is 3.27. The number of H-pyrrole nitrogens is 2. The van der Waals surface area contributed by atoms with Crippen LogP contribution in [-0.4, -0.2) is 19.9 Å². The maximum atomic E-state index is 12.8. The average Bonchev–Trinajstić information content (AvgIpc) is 3.26. The minimum atomic E-state index is 0.00282. The van der Waals surface area contributed by atoms with Crippen molar-refractivity contribution in [3.63, 3.8) is 0 Å². The van der Waals surface area contributed by atoms with Gasteiger partial charge < -0.3 is 9.97 Å². The molecule has 1 atom stereocenters. The minimum absolute atomic E-state index is 0.00282. The lowest BCUT2D eigenvalue weighted by atomic mass is 9.89. The normalized spacial score (nSPS) is 16.1. The van der Waals surface area contributed by atoms with Crippen molar-refractivity contribution >= 4 is 33.3 Å². The smallest absolute Gasteiger partial charge is 0.259 e. The highest BCUT2D eigenvalue weighted by molar-refractivity contribution is 7.98.